The number of benzene rings is 4. The highest BCUT2D eigenvalue weighted by molar-refractivity contribution is 5.94. The predicted molar refractivity (Wildman–Crippen MR) is 150 cm³/mol. The highest BCUT2D eigenvalue weighted by Gasteiger charge is 2.37. The SMILES string of the molecule is CC(C)c1ccc2c3c(ccc2c1)OC(c1ccc(N(C)C)cc1)(c1ccc(N(C)C)cc1)C=C3. The molecule has 0 aromatic heterocycles. The zero-order valence-corrected chi connectivity index (χ0v) is 21.5. The van der Waals surface area contributed by atoms with Crippen LogP contribution in [0.3, 0.4) is 0 Å². The van der Waals surface area contributed by atoms with Crippen molar-refractivity contribution in [2.45, 2.75) is 25.4 Å². The van der Waals surface area contributed by atoms with Gasteiger partial charge in [-0.3, -0.25) is 0 Å². The van der Waals surface area contributed by atoms with E-state index in [1.165, 1.54) is 27.7 Å². The fourth-order valence-corrected chi connectivity index (χ4v) is 4.87. The molecule has 178 valence electrons. The highest BCUT2D eigenvalue weighted by atomic mass is 16.5. The Bertz CT molecular complexity index is 1330. The summed E-state index contributed by atoms with van der Waals surface area (Å²) in [4.78, 5) is 4.24. The van der Waals surface area contributed by atoms with Gasteiger partial charge in [0.05, 0.1) is 0 Å². The number of hydrogen-bond donors (Lipinski definition) is 0. The molecule has 3 heteroatoms. The van der Waals surface area contributed by atoms with Gasteiger partial charge in [0.1, 0.15) is 5.75 Å². The first kappa shape index (κ1) is 23.0. The number of hydrogen-bond acceptors (Lipinski definition) is 3. The molecule has 0 saturated heterocycles. The van der Waals surface area contributed by atoms with E-state index in [-0.39, 0.29) is 0 Å². The van der Waals surface area contributed by atoms with E-state index in [9.17, 15) is 0 Å². The van der Waals surface area contributed by atoms with Crippen molar-refractivity contribution in [2.24, 2.45) is 0 Å². The Labute approximate surface area is 209 Å². The van der Waals surface area contributed by atoms with E-state index in [1.807, 2.05) is 0 Å². The Hall–Kier alpha value is -3.72. The summed E-state index contributed by atoms with van der Waals surface area (Å²) in [5.74, 6) is 1.41. The van der Waals surface area contributed by atoms with Crippen molar-refractivity contribution in [3.05, 3.63) is 107 Å². The molecule has 0 saturated carbocycles. The third-order valence-electron chi connectivity index (χ3n) is 7.09. The molecule has 1 aliphatic rings. The lowest BCUT2D eigenvalue weighted by Gasteiger charge is -2.37. The topological polar surface area (TPSA) is 15.7 Å². The van der Waals surface area contributed by atoms with Crippen LogP contribution in [0.25, 0.3) is 16.8 Å². The Balaban J connectivity index is 1.65. The van der Waals surface area contributed by atoms with Crippen LogP contribution in [0.5, 0.6) is 5.75 Å². The van der Waals surface area contributed by atoms with E-state index in [1.54, 1.807) is 0 Å². The maximum absolute atomic E-state index is 6.96. The summed E-state index contributed by atoms with van der Waals surface area (Å²) in [6, 6.07) is 28.5. The summed E-state index contributed by atoms with van der Waals surface area (Å²) >= 11 is 0. The van der Waals surface area contributed by atoms with Crippen LogP contribution in [0.4, 0.5) is 11.4 Å². The van der Waals surface area contributed by atoms with Crippen LogP contribution in [0.15, 0.2) is 84.9 Å². The number of nitrogens with zero attached hydrogens (tertiary/aromatic N) is 2. The number of ether oxygens (including phenoxy) is 1. The lowest BCUT2D eigenvalue weighted by Crippen LogP contribution is -2.34. The summed E-state index contributed by atoms with van der Waals surface area (Å²) in [7, 11) is 8.25. The molecule has 5 rings (SSSR count). The molecule has 0 spiro atoms. The second-order valence-corrected chi connectivity index (χ2v) is 10.2. The average molecular weight is 463 g/mol. The number of anilines is 2. The number of rotatable bonds is 5. The van der Waals surface area contributed by atoms with Crippen molar-refractivity contribution in [1.82, 2.24) is 0 Å². The van der Waals surface area contributed by atoms with E-state index in [2.05, 4.69) is 143 Å². The van der Waals surface area contributed by atoms with Gasteiger partial charge in [-0.25, -0.2) is 0 Å². The molecule has 0 amide bonds. The van der Waals surface area contributed by atoms with Gasteiger partial charge in [0.2, 0.25) is 0 Å². The largest absolute Gasteiger partial charge is 0.473 e. The maximum atomic E-state index is 6.96. The first-order valence-electron chi connectivity index (χ1n) is 12.3. The smallest absolute Gasteiger partial charge is 0.178 e. The van der Waals surface area contributed by atoms with Gasteiger partial charge in [-0.2, -0.15) is 0 Å². The lowest BCUT2D eigenvalue weighted by atomic mass is 9.83. The fourth-order valence-electron chi connectivity index (χ4n) is 4.87. The minimum absolute atomic E-state index is 0.505. The quantitative estimate of drug-likeness (QED) is 0.306. The normalized spacial score (nSPS) is 14.0. The highest BCUT2D eigenvalue weighted by Crippen LogP contribution is 2.45. The molecule has 35 heavy (non-hydrogen) atoms. The molecule has 1 heterocycles. The molecule has 0 radical (unpaired) electrons. The Morgan fingerprint density at radius 3 is 1.77 bits per heavy atom. The monoisotopic (exact) mass is 462 g/mol. The van der Waals surface area contributed by atoms with Crippen molar-refractivity contribution in [3.8, 4) is 5.75 Å². The van der Waals surface area contributed by atoms with Gasteiger partial charge in [0.25, 0.3) is 0 Å². The van der Waals surface area contributed by atoms with Crippen molar-refractivity contribution >= 4 is 28.2 Å². The molecule has 1 aliphatic heterocycles. The van der Waals surface area contributed by atoms with Crippen molar-refractivity contribution < 1.29 is 4.74 Å². The maximum Gasteiger partial charge on any atom is 0.178 e. The van der Waals surface area contributed by atoms with Crippen LogP contribution in [-0.2, 0) is 5.60 Å². The standard InChI is InChI=1S/C32H34N2O/c1-22(2)23-7-17-29-24(21-23)8-18-31-30(29)19-20-32(35-31,25-9-13-27(14-10-25)33(3)4)26-11-15-28(16-12-26)34(5)6/h7-22H,1-6H3. The van der Waals surface area contributed by atoms with Gasteiger partial charge < -0.3 is 14.5 Å². The second-order valence-electron chi connectivity index (χ2n) is 10.2. The third-order valence-corrected chi connectivity index (χ3v) is 7.09. The van der Waals surface area contributed by atoms with Gasteiger partial charge in [-0.05, 0) is 64.7 Å². The van der Waals surface area contributed by atoms with Gasteiger partial charge in [0.15, 0.2) is 5.60 Å². The van der Waals surface area contributed by atoms with Crippen LogP contribution in [0.1, 0.15) is 42.0 Å². The molecule has 0 N–H and O–H groups in total. The van der Waals surface area contributed by atoms with E-state index >= 15 is 0 Å². The van der Waals surface area contributed by atoms with Crippen molar-refractivity contribution in [2.75, 3.05) is 38.0 Å². The Morgan fingerprint density at radius 2 is 1.26 bits per heavy atom. The Morgan fingerprint density at radius 1 is 0.686 bits per heavy atom. The van der Waals surface area contributed by atoms with Crippen LogP contribution < -0.4 is 14.5 Å². The molecular formula is C32H34N2O. The zero-order valence-electron chi connectivity index (χ0n) is 21.5. The van der Waals surface area contributed by atoms with Gasteiger partial charge in [-0.1, -0.05) is 62.4 Å². The summed E-state index contributed by atoms with van der Waals surface area (Å²) in [5.41, 5.74) is 6.35. The van der Waals surface area contributed by atoms with Gasteiger partial charge in [0, 0.05) is 56.3 Å². The van der Waals surface area contributed by atoms with Crippen LogP contribution >= 0.6 is 0 Å². The van der Waals surface area contributed by atoms with Gasteiger partial charge >= 0.3 is 0 Å². The molecule has 0 unspecified atom stereocenters. The molecule has 0 bridgehead atoms. The number of fused-ring (bicyclic) bond motifs is 3. The molecule has 0 atom stereocenters. The minimum Gasteiger partial charge on any atom is -0.473 e. The molecule has 4 aromatic rings. The van der Waals surface area contributed by atoms with Crippen LogP contribution in [-0.4, -0.2) is 28.2 Å². The van der Waals surface area contributed by atoms with E-state index in [4.69, 9.17) is 4.74 Å². The predicted octanol–water partition coefficient (Wildman–Crippen LogP) is 7.44. The lowest BCUT2D eigenvalue weighted by molar-refractivity contribution is 0.161. The molecule has 3 nitrogen and oxygen atoms in total. The molecular weight excluding hydrogens is 428 g/mol. The van der Waals surface area contributed by atoms with E-state index in [0.29, 0.717) is 5.92 Å². The summed E-state index contributed by atoms with van der Waals surface area (Å²) in [6.07, 6.45) is 4.47. The van der Waals surface area contributed by atoms with E-state index < -0.39 is 5.60 Å². The van der Waals surface area contributed by atoms with E-state index in [0.717, 1.165) is 22.4 Å². The molecule has 0 aliphatic carbocycles. The summed E-state index contributed by atoms with van der Waals surface area (Å²) in [6.45, 7) is 4.47. The van der Waals surface area contributed by atoms with Gasteiger partial charge in [-0.15, -0.1) is 0 Å². The Kier molecular flexibility index (Phi) is 5.80. The first-order chi connectivity index (χ1) is 16.8. The first-order valence-corrected chi connectivity index (χ1v) is 12.3. The van der Waals surface area contributed by atoms with Crippen molar-refractivity contribution in [1.29, 1.82) is 0 Å². The average Bonchev–Trinajstić information content (AvgIpc) is 2.87. The zero-order chi connectivity index (χ0) is 24.7. The summed E-state index contributed by atoms with van der Waals surface area (Å²) < 4.78 is 6.96. The minimum atomic E-state index is -0.700. The molecule has 4 aromatic carbocycles. The van der Waals surface area contributed by atoms with Crippen LogP contribution in [0, 0.1) is 0 Å². The van der Waals surface area contributed by atoms with Crippen molar-refractivity contribution in [3.63, 3.8) is 0 Å². The summed E-state index contributed by atoms with van der Waals surface area (Å²) in [5, 5.41) is 2.48. The third kappa shape index (κ3) is 4.05. The second kappa shape index (κ2) is 8.81. The van der Waals surface area contributed by atoms with Crippen LogP contribution in [0.2, 0.25) is 0 Å². The fraction of sp³-hybridized carbons (Fsp3) is 0.250. The molecule has 0 fully saturated rings.